The Bertz CT molecular complexity index is 458. The van der Waals surface area contributed by atoms with Gasteiger partial charge in [-0.05, 0) is 36.6 Å². The minimum absolute atomic E-state index is 0.758. The molecule has 2 aromatic rings. The Labute approximate surface area is 95.1 Å². The van der Waals surface area contributed by atoms with Crippen LogP contribution in [0.4, 0.5) is 0 Å². The van der Waals surface area contributed by atoms with Crippen molar-refractivity contribution in [2.45, 2.75) is 25.4 Å². The van der Waals surface area contributed by atoms with Crippen molar-refractivity contribution in [3.8, 4) is 5.69 Å². The van der Waals surface area contributed by atoms with Gasteiger partial charge >= 0.3 is 0 Å². The van der Waals surface area contributed by atoms with Crippen LogP contribution in [0, 0.1) is 0 Å². The van der Waals surface area contributed by atoms with Crippen molar-refractivity contribution >= 4 is 0 Å². The summed E-state index contributed by atoms with van der Waals surface area (Å²) in [5, 5.41) is 7.75. The van der Waals surface area contributed by atoms with Crippen molar-refractivity contribution in [2.75, 3.05) is 0 Å². The Hall–Kier alpha value is -1.61. The number of rotatable bonds is 4. The van der Waals surface area contributed by atoms with E-state index in [0.717, 1.165) is 18.3 Å². The molecule has 16 heavy (non-hydrogen) atoms. The average molecular weight is 213 g/mol. The van der Waals surface area contributed by atoms with Gasteiger partial charge in [0, 0.05) is 25.0 Å². The van der Waals surface area contributed by atoms with Crippen LogP contribution in [0.1, 0.15) is 18.4 Å². The molecule has 1 aromatic carbocycles. The minimum Gasteiger partial charge on any atom is -0.310 e. The lowest BCUT2D eigenvalue weighted by molar-refractivity contribution is 0.687. The zero-order valence-corrected chi connectivity index (χ0v) is 9.13. The van der Waals surface area contributed by atoms with Crippen molar-refractivity contribution in [1.29, 1.82) is 0 Å². The van der Waals surface area contributed by atoms with Crippen LogP contribution in [0.5, 0.6) is 0 Å². The van der Waals surface area contributed by atoms with Gasteiger partial charge in [0.05, 0.1) is 5.69 Å². The van der Waals surface area contributed by atoms with E-state index in [1.807, 2.05) is 16.9 Å². The van der Waals surface area contributed by atoms with Gasteiger partial charge < -0.3 is 5.32 Å². The lowest BCUT2D eigenvalue weighted by Crippen LogP contribution is -2.15. The Kier molecular flexibility index (Phi) is 2.46. The van der Waals surface area contributed by atoms with Crippen LogP contribution < -0.4 is 5.32 Å². The van der Waals surface area contributed by atoms with E-state index in [4.69, 9.17) is 0 Å². The number of hydrogen-bond donors (Lipinski definition) is 1. The molecule has 1 aliphatic rings. The second-order valence-corrected chi connectivity index (χ2v) is 4.28. The van der Waals surface area contributed by atoms with E-state index in [1.165, 1.54) is 18.4 Å². The fourth-order valence-corrected chi connectivity index (χ4v) is 1.78. The molecule has 1 heterocycles. The van der Waals surface area contributed by atoms with Crippen LogP contribution in [0.3, 0.4) is 0 Å². The van der Waals surface area contributed by atoms with Gasteiger partial charge in [0.25, 0.3) is 0 Å². The zero-order chi connectivity index (χ0) is 10.8. The number of aromatic nitrogens is 2. The van der Waals surface area contributed by atoms with E-state index in [0.29, 0.717) is 0 Å². The molecule has 3 nitrogen and oxygen atoms in total. The molecule has 0 saturated heterocycles. The Morgan fingerprint density at radius 3 is 3.00 bits per heavy atom. The first-order valence-corrected chi connectivity index (χ1v) is 5.74. The highest BCUT2D eigenvalue weighted by Gasteiger charge is 2.19. The average Bonchev–Trinajstić information content (AvgIpc) is 2.99. The molecule has 1 N–H and O–H groups in total. The normalized spacial score (nSPS) is 15.2. The third kappa shape index (κ3) is 2.14. The van der Waals surface area contributed by atoms with Crippen LogP contribution in [0.2, 0.25) is 0 Å². The highest BCUT2D eigenvalue weighted by atomic mass is 15.3. The summed E-state index contributed by atoms with van der Waals surface area (Å²) in [7, 11) is 0. The number of nitrogens with zero attached hydrogens (tertiary/aromatic N) is 2. The predicted molar refractivity (Wildman–Crippen MR) is 63.4 cm³/mol. The lowest BCUT2D eigenvalue weighted by atomic mass is 10.2. The summed E-state index contributed by atoms with van der Waals surface area (Å²) in [5.41, 5.74) is 2.44. The lowest BCUT2D eigenvalue weighted by Gasteiger charge is -2.06. The molecule has 82 valence electrons. The van der Waals surface area contributed by atoms with Crippen LogP contribution >= 0.6 is 0 Å². The molecule has 1 aliphatic carbocycles. The van der Waals surface area contributed by atoms with Crippen molar-refractivity contribution in [1.82, 2.24) is 15.1 Å². The molecule has 1 saturated carbocycles. The van der Waals surface area contributed by atoms with Gasteiger partial charge in [0.15, 0.2) is 0 Å². The van der Waals surface area contributed by atoms with Gasteiger partial charge in [0.2, 0.25) is 0 Å². The van der Waals surface area contributed by atoms with Crippen LogP contribution in [0.15, 0.2) is 42.7 Å². The zero-order valence-electron chi connectivity index (χ0n) is 9.13. The first-order chi connectivity index (χ1) is 7.92. The molecule has 0 radical (unpaired) electrons. The maximum atomic E-state index is 4.23. The van der Waals surface area contributed by atoms with E-state index in [9.17, 15) is 0 Å². The summed E-state index contributed by atoms with van der Waals surface area (Å²) in [5.74, 6) is 0. The SMILES string of the molecule is c1cc(CNC2CC2)cc(-n2cccn2)c1. The maximum Gasteiger partial charge on any atom is 0.0648 e. The summed E-state index contributed by atoms with van der Waals surface area (Å²) in [6.07, 6.45) is 6.43. The standard InChI is InChI=1S/C13H15N3/c1-3-11(10-14-12-5-6-12)9-13(4-1)16-8-2-7-15-16/h1-4,7-9,12,14H,5-6,10H2. The second-order valence-electron chi connectivity index (χ2n) is 4.28. The smallest absolute Gasteiger partial charge is 0.0648 e. The topological polar surface area (TPSA) is 29.9 Å². The van der Waals surface area contributed by atoms with Gasteiger partial charge in [0.1, 0.15) is 0 Å². The van der Waals surface area contributed by atoms with Gasteiger partial charge in [-0.3, -0.25) is 0 Å². The van der Waals surface area contributed by atoms with Crippen molar-refractivity contribution in [3.63, 3.8) is 0 Å². The first-order valence-electron chi connectivity index (χ1n) is 5.74. The molecule has 3 heteroatoms. The Morgan fingerprint density at radius 2 is 2.25 bits per heavy atom. The quantitative estimate of drug-likeness (QED) is 0.843. The molecule has 0 bridgehead atoms. The van der Waals surface area contributed by atoms with Gasteiger partial charge in [-0.25, -0.2) is 4.68 Å². The first kappa shape index (κ1) is 9.60. The molecule has 1 aromatic heterocycles. The van der Waals surface area contributed by atoms with Crippen molar-refractivity contribution in [2.24, 2.45) is 0 Å². The summed E-state index contributed by atoms with van der Waals surface area (Å²) in [4.78, 5) is 0. The fourth-order valence-electron chi connectivity index (χ4n) is 1.78. The van der Waals surface area contributed by atoms with E-state index in [-0.39, 0.29) is 0 Å². The van der Waals surface area contributed by atoms with Crippen molar-refractivity contribution in [3.05, 3.63) is 48.3 Å². The predicted octanol–water partition coefficient (Wildman–Crippen LogP) is 2.12. The van der Waals surface area contributed by atoms with E-state index in [1.54, 1.807) is 6.20 Å². The summed E-state index contributed by atoms with van der Waals surface area (Å²) < 4.78 is 1.89. The second kappa shape index (κ2) is 4.10. The maximum absolute atomic E-state index is 4.23. The number of nitrogens with one attached hydrogen (secondary N) is 1. The van der Waals surface area contributed by atoms with Gasteiger partial charge in [-0.15, -0.1) is 0 Å². The fraction of sp³-hybridized carbons (Fsp3) is 0.308. The highest BCUT2D eigenvalue weighted by Crippen LogP contribution is 2.19. The van der Waals surface area contributed by atoms with Gasteiger partial charge in [-0.2, -0.15) is 5.10 Å². The molecule has 0 amide bonds. The molecular formula is C13H15N3. The Balaban J connectivity index is 1.76. The van der Waals surface area contributed by atoms with Crippen LogP contribution in [-0.4, -0.2) is 15.8 Å². The third-order valence-corrected chi connectivity index (χ3v) is 2.85. The van der Waals surface area contributed by atoms with Crippen LogP contribution in [-0.2, 0) is 6.54 Å². The summed E-state index contributed by atoms with van der Waals surface area (Å²) in [6, 6.07) is 11.2. The molecule has 0 unspecified atom stereocenters. The van der Waals surface area contributed by atoms with E-state index in [2.05, 4.69) is 34.7 Å². The molecule has 0 atom stereocenters. The third-order valence-electron chi connectivity index (χ3n) is 2.85. The number of benzene rings is 1. The summed E-state index contributed by atoms with van der Waals surface area (Å²) in [6.45, 7) is 0.958. The van der Waals surface area contributed by atoms with E-state index < -0.39 is 0 Å². The largest absolute Gasteiger partial charge is 0.310 e. The molecule has 0 aliphatic heterocycles. The van der Waals surface area contributed by atoms with E-state index >= 15 is 0 Å². The molecular weight excluding hydrogens is 198 g/mol. The molecule has 1 fully saturated rings. The molecule has 3 rings (SSSR count). The van der Waals surface area contributed by atoms with Gasteiger partial charge in [-0.1, -0.05) is 12.1 Å². The monoisotopic (exact) mass is 213 g/mol. The minimum atomic E-state index is 0.758. The summed E-state index contributed by atoms with van der Waals surface area (Å²) >= 11 is 0. The Morgan fingerprint density at radius 1 is 1.31 bits per heavy atom. The molecule has 0 spiro atoms. The van der Waals surface area contributed by atoms with Crippen LogP contribution in [0.25, 0.3) is 5.69 Å². The highest BCUT2D eigenvalue weighted by molar-refractivity contribution is 5.35. The number of hydrogen-bond acceptors (Lipinski definition) is 2. The van der Waals surface area contributed by atoms with Crippen molar-refractivity contribution < 1.29 is 0 Å².